The summed E-state index contributed by atoms with van der Waals surface area (Å²) in [5, 5.41) is 6.45. The van der Waals surface area contributed by atoms with E-state index in [2.05, 4.69) is 117 Å². The first-order chi connectivity index (χ1) is 42.7. The number of nitrogens with one attached hydrogen (secondary N) is 3. The van der Waals surface area contributed by atoms with Crippen molar-refractivity contribution in [2.24, 2.45) is 0 Å². The molecule has 0 bridgehead atoms. The number of hydrogen-bond acceptors (Lipinski definition) is 16. The van der Waals surface area contributed by atoms with Crippen molar-refractivity contribution in [3.8, 4) is 5.75 Å². The molecule has 2 aromatic heterocycles. The van der Waals surface area contributed by atoms with E-state index in [1.165, 1.54) is 6.20 Å². The molecule has 0 spiro atoms. The predicted molar refractivity (Wildman–Crippen MR) is 354 cm³/mol. The molecule has 25 heteroatoms. The van der Waals surface area contributed by atoms with Crippen molar-refractivity contribution < 1.29 is 85.7 Å². The van der Waals surface area contributed by atoms with Gasteiger partial charge in [0.15, 0.2) is 16.9 Å². The molecular formula is C67H81N9O12S3Y. The fourth-order valence-electron chi connectivity index (χ4n) is 12.7. The number of hydrogen-bond donors (Lipinski definition) is 6. The second-order valence-corrected chi connectivity index (χ2v) is 29.7. The van der Waals surface area contributed by atoms with Gasteiger partial charge >= 0.3 is 0 Å². The smallest absolute Gasteiger partial charge is 0.280 e. The number of aromatic nitrogens is 4. The minimum Gasteiger partial charge on any atom is -0.748 e. The Morgan fingerprint density at radius 3 is 2.21 bits per heavy atom. The number of aryl methyl sites for hydroxylation is 1. The van der Waals surface area contributed by atoms with Crippen molar-refractivity contribution in [1.82, 2.24) is 25.3 Å². The van der Waals surface area contributed by atoms with Crippen molar-refractivity contribution in [2.45, 2.75) is 150 Å². The van der Waals surface area contributed by atoms with Crippen LogP contribution >= 0.6 is 0 Å². The zero-order valence-electron chi connectivity index (χ0n) is 53.7. The summed E-state index contributed by atoms with van der Waals surface area (Å²) in [4.78, 5) is 43.5. The number of nitrogen functional groups attached to an aromatic ring is 1. The van der Waals surface area contributed by atoms with Crippen LogP contribution in [0.25, 0.3) is 11.2 Å². The van der Waals surface area contributed by atoms with Gasteiger partial charge in [0.1, 0.15) is 23.8 Å². The number of H-pyrrole nitrogens is 1. The van der Waals surface area contributed by atoms with Gasteiger partial charge in [-0.05, 0) is 199 Å². The van der Waals surface area contributed by atoms with Crippen molar-refractivity contribution in [2.75, 3.05) is 40.5 Å². The van der Waals surface area contributed by atoms with E-state index in [9.17, 15) is 48.5 Å². The Hall–Kier alpha value is -6.77. The summed E-state index contributed by atoms with van der Waals surface area (Å²) in [7, 11) is -12.9. The van der Waals surface area contributed by atoms with Gasteiger partial charge in [0.05, 0.1) is 39.7 Å². The molecule has 1 atom stereocenters. The number of amides is 1. The number of anilines is 3. The SMILES string of the molecule is Cc1ccc2c(c1)C(C)(C)C(=CC=C1CCCC(C=CC3=[N+](CCCCS(=O)(=O)O)c4ccc(CS(=O)(=O)O)cc4C3(C)C)=C1Oc1c(C)c(C)c(C[C@@H](C)NC(=O)c3ccc(NCc4cnc5nc(N)[nH]c(=O)c5n4)cc3)c(C)c1C)N2CCCCS(=O)(=O)[O-].[Y]. The molecule has 0 saturated heterocycles. The van der Waals surface area contributed by atoms with Crippen LogP contribution in [-0.2, 0) is 92.6 Å². The number of unbranched alkanes of at least 4 members (excludes halogenated alkanes) is 2. The van der Waals surface area contributed by atoms with Crippen LogP contribution in [0.15, 0.2) is 119 Å². The number of nitrogens with zero attached hydrogens (tertiary/aromatic N) is 5. The normalized spacial score (nSPS) is 16.8. The van der Waals surface area contributed by atoms with Crippen LogP contribution in [0.5, 0.6) is 5.75 Å². The topological polar surface area (TPSA) is 320 Å². The summed E-state index contributed by atoms with van der Waals surface area (Å²) < 4.78 is 112. The molecule has 0 fully saturated rings. The molecule has 1 aliphatic carbocycles. The van der Waals surface area contributed by atoms with E-state index in [0.29, 0.717) is 73.5 Å². The molecule has 4 aromatic carbocycles. The molecular weight excluding hydrogens is 1310 g/mol. The number of fused-ring (bicyclic) bond motifs is 3. The van der Waals surface area contributed by atoms with Gasteiger partial charge in [-0.15, -0.1) is 0 Å². The van der Waals surface area contributed by atoms with E-state index in [4.69, 9.17) is 10.5 Å². The quantitative estimate of drug-likeness (QED) is 0.0186. The molecule has 21 nitrogen and oxygen atoms in total. The molecule has 0 saturated carbocycles. The number of rotatable bonds is 24. The molecule has 7 N–H and O–H groups in total. The third-order valence-electron chi connectivity index (χ3n) is 17.7. The van der Waals surface area contributed by atoms with Crippen LogP contribution in [0, 0.1) is 34.6 Å². The third-order valence-corrected chi connectivity index (χ3v) is 20.0. The van der Waals surface area contributed by atoms with Crippen LogP contribution in [0.3, 0.4) is 0 Å². The molecule has 4 heterocycles. The number of ether oxygens (including phenoxy) is 1. The summed E-state index contributed by atoms with van der Waals surface area (Å²) in [6.45, 7) is 21.8. The summed E-state index contributed by atoms with van der Waals surface area (Å²) in [6, 6.07) is 18.4. The molecule has 1 amide bonds. The maximum Gasteiger partial charge on any atom is 0.280 e. The first-order valence-electron chi connectivity index (χ1n) is 30.5. The average Bonchev–Trinajstić information content (AvgIpc) is 1.57. The second-order valence-electron chi connectivity index (χ2n) is 25.2. The van der Waals surface area contributed by atoms with Gasteiger partial charge < -0.3 is 30.6 Å². The summed E-state index contributed by atoms with van der Waals surface area (Å²) in [5.74, 6) is -0.342. The van der Waals surface area contributed by atoms with E-state index in [1.54, 1.807) is 36.4 Å². The number of aromatic amines is 1. The monoisotopic (exact) mass is 1390 g/mol. The van der Waals surface area contributed by atoms with Gasteiger partial charge in [0, 0.05) is 103 Å². The van der Waals surface area contributed by atoms with Crippen molar-refractivity contribution in [1.29, 1.82) is 0 Å². The van der Waals surface area contributed by atoms with Crippen LogP contribution < -0.4 is 31.6 Å². The molecule has 3 aliphatic rings. The first kappa shape index (κ1) is 71.1. The van der Waals surface area contributed by atoms with Crippen LogP contribution in [0.1, 0.15) is 146 Å². The second kappa shape index (κ2) is 28.4. The van der Waals surface area contributed by atoms with E-state index >= 15 is 0 Å². The fourth-order valence-corrected chi connectivity index (χ4v) is 14.4. The molecule has 1 radical (unpaired) electrons. The summed E-state index contributed by atoms with van der Waals surface area (Å²) >= 11 is 0. The first-order valence-corrected chi connectivity index (χ1v) is 35.3. The van der Waals surface area contributed by atoms with Crippen molar-refractivity contribution in [3.05, 3.63) is 185 Å². The number of carbonyl (C=O) groups is 1. The number of carbonyl (C=O) groups excluding carboxylic acids is 1. The van der Waals surface area contributed by atoms with E-state index in [0.717, 1.165) is 90.5 Å². The van der Waals surface area contributed by atoms with Crippen molar-refractivity contribution in [3.63, 3.8) is 0 Å². The van der Waals surface area contributed by atoms with E-state index < -0.39 is 64.0 Å². The van der Waals surface area contributed by atoms with Gasteiger partial charge in [0.2, 0.25) is 11.6 Å². The van der Waals surface area contributed by atoms with Crippen LogP contribution in [0.4, 0.5) is 23.0 Å². The Kier molecular flexibility index (Phi) is 22.0. The van der Waals surface area contributed by atoms with Crippen molar-refractivity contribution >= 4 is 76.1 Å². The Morgan fingerprint density at radius 1 is 0.837 bits per heavy atom. The number of benzene rings is 4. The third kappa shape index (κ3) is 16.6. The molecule has 6 aromatic rings. The molecule has 487 valence electrons. The molecule has 9 rings (SSSR count). The maximum absolute atomic E-state index is 13.8. The Bertz CT molecular complexity index is 4430. The van der Waals surface area contributed by atoms with Crippen LogP contribution in [0.2, 0.25) is 0 Å². The minimum atomic E-state index is -4.39. The summed E-state index contributed by atoms with van der Waals surface area (Å²) in [6.07, 6.45) is 13.8. The summed E-state index contributed by atoms with van der Waals surface area (Å²) in [5.41, 5.74) is 19.9. The Balaban J connectivity index is 0.0000109. The zero-order valence-corrected chi connectivity index (χ0v) is 59.0. The standard InChI is InChI=1S/C67H81N9O12S3.Y/c1-40-18-26-55-53(34-40)66(7,8)57(75(55)30-11-13-32-89(79,80)81)28-22-47-16-15-17-48(23-29-58-67(9,10)54-36-46(39-91(85,86)87)19-27-56(54)76(58)31-12-14-33-90(82,83)84)61(47)88-60-44(5)42(3)52(43(4)45(60)6)35-41(2)71-63(77)49-20-24-50(25-21-49)69-37-51-38-70-62-59(72-51)64(78)74-65(68)73-62;/h18-29,34,36,38,41H,11-17,30-33,35,37,39H2,1-10H3,(H7-,68,69,70,71,73,74,77,78,79,80,81,82,83,84,85,86,87);/t41-;/m1./s1. The zero-order chi connectivity index (χ0) is 66.1. The Labute approximate surface area is 564 Å². The van der Waals surface area contributed by atoms with E-state index in [1.807, 2.05) is 40.7 Å². The maximum atomic E-state index is 13.8. The fraction of sp³-hybridized carbons (Fsp3) is 0.403. The van der Waals surface area contributed by atoms with E-state index in [-0.39, 0.29) is 81.2 Å². The van der Waals surface area contributed by atoms with Gasteiger partial charge in [0.25, 0.3) is 31.7 Å². The van der Waals surface area contributed by atoms with Gasteiger partial charge in [-0.3, -0.25) is 23.7 Å². The predicted octanol–water partition coefficient (Wildman–Crippen LogP) is 10.2. The Morgan fingerprint density at radius 2 is 1.53 bits per heavy atom. The number of nitrogens with two attached hydrogens (primary N) is 1. The average molecular weight is 1390 g/mol. The number of allylic oxidation sites excluding steroid dienone is 7. The largest absolute Gasteiger partial charge is 0.748 e. The minimum absolute atomic E-state index is 0. The molecule has 0 unspecified atom stereocenters. The van der Waals surface area contributed by atoms with Gasteiger partial charge in [-0.25, -0.2) is 18.4 Å². The van der Waals surface area contributed by atoms with Gasteiger partial charge in [-0.1, -0.05) is 43.7 Å². The molecule has 92 heavy (non-hydrogen) atoms. The van der Waals surface area contributed by atoms with Crippen LogP contribution in [-0.4, -0.2) is 106 Å². The van der Waals surface area contributed by atoms with Gasteiger partial charge in [-0.2, -0.15) is 26.4 Å². The molecule has 2 aliphatic heterocycles.